The van der Waals surface area contributed by atoms with E-state index in [1.165, 1.54) is 0 Å². The minimum atomic E-state index is -1.25. The molecule has 21 heavy (non-hydrogen) atoms. The molecular formula is C15H12BrNO3S. The van der Waals surface area contributed by atoms with Crippen LogP contribution in [0.3, 0.4) is 0 Å². The van der Waals surface area contributed by atoms with Crippen molar-refractivity contribution >= 4 is 38.9 Å². The molecule has 1 spiro atoms. The highest BCUT2D eigenvalue weighted by atomic mass is 79.9. The molecule has 1 amide bonds. The summed E-state index contributed by atoms with van der Waals surface area (Å²) in [5, 5.41) is 4.06. The van der Waals surface area contributed by atoms with Crippen LogP contribution in [0.4, 0.5) is 5.69 Å². The molecule has 1 aromatic carbocycles. The SMILES string of the molecule is O=C1N(Cc2ccsc2)c2c(Br)cccc2C12OCCO2. The minimum absolute atomic E-state index is 0.145. The average Bonchev–Trinajstić information content (AvgIpc) is 3.19. The van der Waals surface area contributed by atoms with Crippen LogP contribution in [-0.2, 0) is 26.6 Å². The number of thiophene rings is 1. The molecule has 6 heteroatoms. The molecule has 0 bridgehead atoms. The Kier molecular flexibility index (Phi) is 3.15. The van der Waals surface area contributed by atoms with Gasteiger partial charge in [0.1, 0.15) is 0 Å². The topological polar surface area (TPSA) is 38.8 Å². The van der Waals surface area contributed by atoms with Crippen molar-refractivity contribution in [3.05, 3.63) is 50.6 Å². The summed E-state index contributed by atoms with van der Waals surface area (Å²) < 4.78 is 12.3. The van der Waals surface area contributed by atoms with Gasteiger partial charge in [0, 0.05) is 10.0 Å². The van der Waals surface area contributed by atoms with E-state index in [-0.39, 0.29) is 5.91 Å². The predicted octanol–water partition coefficient (Wildman–Crippen LogP) is 3.26. The summed E-state index contributed by atoms with van der Waals surface area (Å²) in [6.45, 7) is 1.39. The highest BCUT2D eigenvalue weighted by Crippen LogP contribution is 2.49. The van der Waals surface area contributed by atoms with Gasteiger partial charge in [-0.2, -0.15) is 11.3 Å². The van der Waals surface area contributed by atoms with E-state index < -0.39 is 5.79 Å². The van der Waals surface area contributed by atoms with Crippen molar-refractivity contribution in [1.29, 1.82) is 0 Å². The van der Waals surface area contributed by atoms with Crippen LogP contribution in [0.5, 0.6) is 0 Å². The Hall–Kier alpha value is -1.21. The first-order chi connectivity index (χ1) is 10.2. The van der Waals surface area contributed by atoms with Crippen molar-refractivity contribution in [3.8, 4) is 0 Å². The molecule has 2 aliphatic heterocycles. The monoisotopic (exact) mass is 365 g/mol. The van der Waals surface area contributed by atoms with E-state index in [9.17, 15) is 4.79 Å². The number of amides is 1. The number of hydrogen-bond donors (Lipinski definition) is 0. The lowest BCUT2D eigenvalue weighted by Gasteiger charge is -2.21. The highest BCUT2D eigenvalue weighted by Gasteiger charge is 2.56. The maximum Gasteiger partial charge on any atom is 0.292 e. The molecule has 2 aromatic rings. The van der Waals surface area contributed by atoms with Gasteiger partial charge in [-0.15, -0.1) is 0 Å². The summed E-state index contributed by atoms with van der Waals surface area (Å²) in [6, 6.07) is 7.75. The van der Waals surface area contributed by atoms with Crippen LogP contribution in [0.25, 0.3) is 0 Å². The lowest BCUT2D eigenvalue weighted by Crippen LogP contribution is -2.40. The average molecular weight is 366 g/mol. The Balaban J connectivity index is 1.84. The zero-order valence-corrected chi connectivity index (χ0v) is 13.4. The Morgan fingerprint density at radius 3 is 2.81 bits per heavy atom. The summed E-state index contributed by atoms with van der Waals surface area (Å²) in [7, 11) is 0. The second-order valence-corrected chi connectivity index (χ2v) is 6.61. The molecule has 1 saturated heterocycles. The molecule has 1 fully saturated rings. The van der Waals surface area contributed by atoms with Gasteiger partial charge in [-0.3, -0.25) is 4.79 Å². The number of nitrogens with zero attached hydrogens (tertiary/aromatic N) is 1. The third kappa shape index (κ3) is 1.90. The van der Waals surface area contributed by atoms with E-state index in [1.807, 2.05) is 35.0 Å². The summed E-state index contributed by atoms with van der Waals surface area (Å²) in [5.41, 5.74) is 2.73. The molecule has 2 aliphatic rings. The smallest absolute Gasteiger partial charge is 0.292 e. The van der Waals surface area contributed by atoms with Gasteiger partial charge in [0.25, 0.3) is 11.7 Å². The summed E-state index contributed by atoms with van der Waals surface area (Å²) >= 11 is 5.17. The van der Waals surface area contributed by atoms with E-state index >= 15 is 0 Å². The maximum absolute atomic E-state index is 12.9. The number of carbonyl (C=O) groups excluding carboxylic acids is 1. The Morgan fingerprint density at radius 2 is 2.10 bits per heavy atom. The van der Waals surface area contributed by atoms with Gasteiger partial charge in [-0.25, -0.2) is 0 Å². The largest absolute Gasteiger partial charge is 0.336 e. The first-order valence-electron chi connectivity index (χ1n) is 6.62. The Morgan fingerprint density at radius 1 is 1.29 bits per heavy atom. The van der Waals surface area contributed by atoms with Crippen LogP contribution >= 0.6 is 27.3 Å². The fourth-order valence-corrected chi connectivity index (χ4v) is 4.10. The molecule has 108 valence electrons. The minimum Gasteiger partial charge on any atom is -0.336 e. The molecule has 0 saturated carbocycles. The van der Waals surface area contributed by atoms with Crippen molar-refractivity contribution in [2.24, 2.45) is 0 Å². The first-order valence-corrected chi connectivity index (χ1v) is 8.36. The number of carbonyl (C=O) groups is 1. The van der Waals surface area contributed by atoms with Gasteiger partial charge in [-0.05, 0) is 44.4 Å². The van der Waals surface area contributed by atoms with E-state index in [2.05, 4.69) is 15.9 Å². The third-order valence-corrected chi connectivity index (χ3v) is 5.12. The van der Waals surface area contributed by atoms with Gasteiger partial charge < -0.3 is 14.4 Å². The van der Waals surface area contributed by atoms with Crippen molar-refractivity contribution < 1.29 is 14.3 Å². The second kappa shape index (κ2) is 4.91. The number of rotatable bonds is 2. The van der Waals surface area contributed by atoms with Crippen LogP contribution in [-0.4, -0.2) is 19.1 Å². The molecule has 0 radical (unpaired) electrons. The maximum atomic E-state index is 12.9. The molecule has 1 aromatic heterocycles. The van der Waals surface area contributed by atoms with Crippen LogP contribution in [0.15, 0.2) is 39.5 Å². The molecule has 4 rings (SSSR count). The molecular weight excluding hydrogens is 354 g/mol. The van der Waals surface area contributed by atoms with Crippen LogP contribution in [0.2, 0.25) is 0 Å². The lowest BCUT2D eigenvalue weighted by atomic mass is 10.1. The zero-order chi connectivity index (χ0) is 14.4. The quantitative estimate of drug-likeness (QED) is 0.819. The number of para-hydroxylation sites is 1. The standard InChI is InChI=1S/C15H12BrNO3S/c16-12-3-1-2-11-13(12)17(8-10-4-7-21-9-10)14(18)15(11)19-5-6-20-15/h1-4,7,9H,5-6,8H2. The molecule has 0 unspecified atom stereocenters. The van der Waals surface area contributed by atoms with Crippen LogP contribution in [0.1, 0.15) is 11.1 Å². The fraction of sp³-hybridized carbons (Fsp3) is 0.267. The zero-order valence-electron chi connectivity index (χ0n) is 11.0. The van der Waals surface area contributed by atoms with Gasteiger partial charge in [0.15, 0.2) is 0 Å². The number of hydrogen-bond acceptors (Lipinski definition) is 4. The molecule has 0 aliphatic carbocycles. The molecule has 0 N–H and O–H groups in total. The van der Waals surface area contributed by atoms with Crippen LogP contribution in [0, 0.1) is 0 Å². The lowest BCUT2D eigenvalue weighted by molar-refractivity contribution is -0.180. The molecule has 0 atom stereocenters. The number of benzene rings is 1. The summed E-state index contributed by atoms with van der Waals surface area (Å²) in [5.74, 6) is -1.40. The fourth-order valence-electron chi connectivity index (χ4n) is 2.86. The molecule has 3 heterocycles. The van der Waals surface area contributed by atoms with Crippen LogP contribution < -0.4 is 4.90 Å². The Bertz CT molecular complexity index is 695. The van der Waals surface area contributed by atoms with Crippen molar-refractivity contribution in [1.82, 2.24) is 0 Å². The molecule has 4 nitrogen and oxygen atoms in total. The number of fused-ring (bicyclic) bond motifs is 2. The van der Waals surface area contributed by atoms with Crippen molar-refractivity contribution in [2.45, 2.75) is 12.3 Å². The first kappa shape index (κ1) is 13.5. The normalized spacial score (nSPS) is 19.5. The van der Waals surface area contributed by atoms with Gasteiger partial charge >= 0.3 is 0 Å². The van der Waals surface area contributed by atoms with E-state index in [0.29, 0.717) is 19.8 Å². The summed E-state index contributed by atoms with van der Waals surface area (Å²) in [6.07, 6.45) is 0. The Labute approximate surface area is 134 Å². The number of anilines is 1. The van der Waals surface area contributed by atoms with Gasteiger partial charge in [-0.1, -0.05) is 12.1 Å². The summed E-state index contributed by atoms with van der Waals surface area (Å²) in [4.78, 5) is 14.7. The number of ether oxygens (including phenoxy) is 2. The van der Waals surface area contributed by atoms with E-state index in [4.69, 9.17) is 9.47 Å². The highest BCUT2D eigenvalue weighted by molar-refractivity contribution is 9.10. The predicted molar refractivity (Wildman–Crippen MR) is 83.2 cm³/mol. The number of halogens is 1. The van der Waals surface area contributed by atoms with Crippen molar-refractivity contribution in [3.63, 3.8) is 0 Å². The van der Waals surface area contributed by atoms with E-state index in [0.717, 1.165) is 21.3 Å². The van der Waals surface area contributed by atoms with E-state index in [1.54, 1.807) is 16.2 Å². The second-order valence-electron chi connectivity index (χ2n) is 4.97. The third-order valence-electron chi connectivity index (χ3n) is 3.75. The van der Waals surface area contributed by atoms with Gasteiger partial charge in [0.05, 0.1) is 25.4 Å². The van der Waals surface area contributed by atoms with Crippen molar-refractivity contribution in [2.75, 3.05) is 18.1 Å². The van der Waals surface area contributed by atoms with Gasteiger partial charge in [0.2, 0.25) is 0 Å².